The molecule has 1 heterocycles. The molecule has 1 aromatic carbocycles. The highest BCUT2D eigenvalue weighted by Crippen LogP contribution is 2.28. The lowest BCUT2D eigenvalue weighted by Crippen LogP contribution is -2.47. The fourth-order valence-electron chi connectivity index (χ4n) is 2.68. The van der Waals surface area contributed by atoms with Gasteiger partial charge in [-0.25, -0.2) is 0 Å². The molecule has 1 atom stereocenters. The van der Waals surface area contributed by atoms with Crippen molar-refractivity contribution in [3.05, 3.63) is 28.7 Å². The number of hydrogen-bond acceptors (Lipinski definition) is 3. The SMILES string of the molecule is CCCNC(=O)CNC(=NC)NC1CCN(c2ccccc2Br)C1. The van der Waals surface area contributed by atoms with E-state index in [4.69, 9.17) is 0 Å². The molecule has 132 valence electrons. The lowest BCUT2D eigenvalue weighted by atomic mass is 10.3. The van der Waals surface area contributed by atoms with Crippen molar-refractivity contribution in [1.82, 2.24) is 16.0 Å². The second-order valence-corrected chi connectivity index (χ2v) is 6.66. The van der Waals surface area contributed by atoms with Crippen LogP contribution < -0.4 is 20.9 Å². The average Bonchev–Trinajstić information content (AvgIpc) is 3.05. The molecule has 7 heteroatoms. The highest BCUT2D eigenvalue weighted by atomic mass is 79.9. The van der Waals surface area contributed by atoms with E-state index in [1.165, 1.54) is 5.69 Å². The van der Waals surface area contributed by atoms with Crippen LogP contribution in [-0.2, 0) is 4.79 Å². The summed E-state index contributed by atoms with van der Waals surface area (Å²) in [7, 11) is 1.72. The first-order chi connectivity index (χ1) is 11.6. The number of nitrogens with zero attached hydrogens (tertiary/aromatic N) is 2. The van der Waals surface area contributed by atoms with Crippen LogP contribution >= 0.6 is 15.9 Å². The number of halogens is 1. The second kappa shape index (κ2) is 9.52. The van der Waals surface area contributed by atoms with Gasteiger partial charge in [0.05, 0.1) is 12.2 Å². The molecule has 3 N–H and O–H groups in total. The Bertz CT molecular complexity index is 578. The molecule has 6 nitrogen and oxygen atoms in total. The fraction of sp³-hybridized carbons (Fsp3) is 0.529. The molecule has 1 fully saturated rings. The molecule has 2 rings (SSSR count). The lowest BCUT2D eigenvalue weighted by molar-refractivity contribution is -0.120. The Balaban J connectivity index is 1.81. The van der Waals surface area contributed by atoms with Crippen molar-refractivity contribution in [2.45, 2.75) is 25.8 Å². The number of carbonyl (C=O) groups is 1. The van der Waals surface area contributed by atoms with Crippen molar-refractivity contribution in [2.75, 3.05) is 38.1 Å². The number of rotatable bonds is 6. The van der Waals surface area contributed by atoms with E-state index in [-0.39, 0.29) is 12.5 Å². The Kier molecular flexibility index (Phi) is 7.36. The Hall–Kier alpha value is -1.76. The van der Waals surface area contributed by atoms with Gasteiger partial charge in [-0.3, -0.25) is 9.79 Å². The summed E-state index contributed by atoms with van der Waals surface area (Å²) >= 11 is 3.61. The average molecular weight is 396 g/mol. The van der Waals surface area contributed by atoms with Crippen LogP contribution in [0.4, 0.5) is 5.69 Å². The van der Waals surface area contributed by atoms with E-state index >= 15 is 0 Å². The standard InChI is InChI=1S/C17H26BrN5O/c1-3-9-20-16(24)11-21-17(19-2)22-13-8-10-23(12-13)15-7-5-4-6-14(15)18/h4-7,13H,3,8-12H2,1-2H3,(H,20,24)(H2,19,21,22). The van der Waals surface area contributed by atoms with Crippen molar-refractivity contribution in [3.8, 4) is 0 Å². The third-order valence-electron chi connectivity index (χ3n) is 3.93. The number of carbonyl (C=O) groups excluding carboxylic acids is 1. The molecular formula is C17H26BrN5O. The van der Waals surface area contributed by atoms with Crippen LogP contribution in [0.15, 0.2) is 33.7 Å². The monoisotopic (exact) mass is 395 g/mol. The number of nitrogens with one attached hydrogen (secondary N) is 3. The van der Waals surface area contributed by atoms with Crippen LogP contribution in [-0.4, -0.2) is 51.1 Å². The van der Waals surface area contributed by atoms with E-state index in [0.29, 0.717) is 18.5 Å². The Morgan fingerprint density at radius 1 is 1.38 bits per heavy atom. The van der Waals surface area contributed by atoms with E-state index in [0.717, 1.165) is 30.4 Å². The van der Waals surface area contributed by atoms with Gasteiger partial charge in [0.1, 0.15) is 0 Å². The molecular weight excluding hydrogens is 370 g/mol. The summed E-state index contributed by atoms with van der Waals surface area (Å²) in [6.07, 6.45) is 1.97. The zero-order chi connectivity index (χ0) is 17.4. The maximum absolute atomic E-state index is 11.7. The normalized spacial score (nSPS) is 17.7. The number of amides is 1. The smallest absolute Gasteiger partial charge is 0.239 e. The van der Waals surface area contributed by atoms with E-state index < -0.39 is 0 Å². The van der Waals surface area contributed by atoms with Crippen molar-refractivity contribution in [2.24, 2.45) is 4.99 Å². The molecule has 1 saturated heterocycles. The molecule has 1 amide bonds. The largest absolute Gasteiger partial charge is 0.368 e. The summed E-state index contributed by atoms with van der Waals surface area (Å²) in [6.45, 7) is 4.88. The van der Waals surface area contributed by atoms with Gasteiger partial charge >= 0.3 is 0 Å². The van der Waals surface area contributed by atoms with E-state index in [2.05, 4.69) is 60.0 Å². The number of guanidine groups is 1. The predicted molar refractivity (Wildman–Crippen MR) is 103 cm³/mol. The maximum atomic E-state index is 11.7. The van der Waals surface area contributed by atoms with E-state index in [1.54, 1.807) is 7.05 Å². The van der Waals surface area contributed by atoms with Crippen molar-refractivity contribution in [1.29, 1.82) is 0 Å². The first kappa shape index (κ1) is 18.6. The summed E-state index contributed by atoms with van der Waals surface area (Å²) in [5, 5.41) is 9.31. The Labute approximate surface area is 152 Å². The summed E-state index contributed by atoms with van der Waals surface area (Å²) < 4.78 is 1.11. The minimum absolute atomic E-state index is 0.0129. The Morgan fingerprint density at radius 2 is 2.17 bits per heavy atom. The first-order valence-corrected chi connectivity index (χ1v) is 9.16. The Morgan fingerprint density at radius 3 is 2.88 bits per heavy atom. The zero-order valence-corrected chi connectivity index (χ0v) is 15.9. The summed E-state index contributed by atoms with van der Waals surface area (Å²) in [5.41, 5.74) is 1.21. The summed E-state index contributed by atoms with van der Waals surface area (Å²) in [4.78, 5) is 18.2. The van der Waals surface area contributed by atoms with Gasteiger partial charge in [0, 0.05) is 37.2 Å². The van der Waals surface area contributed by atoms with Crippen LogP contribution in [0, 0.1) is 0 Å². The van der Waals surface area contributed by atoms with Gasteiger partial charge in [-0.15, -0.1) is 0 Å². The van der Waals surface area contributed by atoms with Gasteiger partial charge in [0.25, 0.3) is 0 Å². The zero-order valence-electron chi connectivity index (χ0n) is 14.3. The predicted octanol–water partition coefficient (Wildman–Crippen LogP) is 1.72. The van der Waals surface area contributed by atoms with Crippen molar-refractivity contribution >= 4 is 33.5 Å². The third kappa shape index (κ3) is 5.40. The van der Waals surface area contributed by atoms with Crippen LogP contribution in [0.25, 0.3) is 0 Å². The van der Waals surface area contributed by atoms with Gasteiger partial charge in [-0.05, 0) is 40.9 Å². The number of aliphatic imine (C=N–C) groups is 1. The van der Waals surface area contributed by atoms with Gasteiger partial charge in [-0.2, -0.15) is 0 Å². The van der Waals surface area contributed by atoms with Crippen molar-refractivity contribution in [3.63, 3.8) is 0 Å². The van der Waals surface area contributed by atoms with Gasteiger partial charge in [0.15, 0.2) is 5.96 Å². The molecule has 1 aliphatic rings. The van der Waals surface area contributed by atoms with Crippen LogP contribution in [0.3, 0.4) is 0 Å². The van der Waals surface area contributed by atoms with Crippen molar-refractivity contribution < 1.29 is 4.79 Å². The number of para-hydroxylation sites is 1. The molecule has 24 heavy (non-hydrogen) atoms. The highest BCUT2D eigenvalue weighted by Gasteiger charge is 2.24. The molecule has 0 saturated carbocycles. The van der Waals surface area contributed by atoms with E-state index in [1.807, 2.05) is 13.0 Å². The molecule has 1 aromatic rings. The fourth-order valence-corrected chi connectivity index (χ4v) is 3.22. The summed E-state index contributed by atoms with van der Waals surface area (Å²) in [5.74, 6) is 0.654. The van der Waals surface area contributed by atoms with Gasteiger partial charge in [0.2, 0.25) is 5.91 Å². The molecule has 1 aliphatic heterocycles. The highest BCUT2D eigenvalue weighted by molar-refractivity contribution is 9.10. The van der Waals surface area contributed by atoms with Gasteiger partial charge < -0.3 is 20.9 Å². The molecule has 0 radical (unpaired) electrons. The second-order valence-electron chi connectivity index (χ2n) is 5.80. The van der Waals surface area contributed by atoms with Crippen LogP contribution in [0.5, 0.6) is 0 Å². The molecule has 0 bridgehead atoms. The lowest BCUT2D eigenvalue weighted by Gasteiger charge is -2.21. The number of benzene rings is 1. The van der Waals surface area contributed by atoms with Crippen LogP contribution in [0.1, 0.15) is 19.8 Å². The number of anilines is 1. The maximum Gasteiger partial charge on any atom is 0.239 e. The van der Waals surface area contributed by atoms with E-state index in [9.17, 15) is 4.79 Å². The minimum atomic E-state index is -0.0129. The molecule has 0 aromatic heterocycles. The topological polar surface area (TPSA) is 68.8 Å². The quantitative estimate of drug-likeness (QED) is 0.506. The molecule has 0 aliphatic carbocycles. The first-order valence-electron chi connectivity index (χ1n) is 8.37. The van der Waals surface area contributed by atoms with Crippen LogP contribution in [0.2, 0.25) is 0 Å². The summed E-state index contributed by atoms with van der Waals surface area (Å²) in [6, 6.07) is 8.57. The van der Waals surface area contributed by atoms with Gasteiger partial charge in [-0.1, -0.05) is 19.1 Å². The minimum Gasteiger partial charge on any atom is -0.368 e. The third-order valence-corrected chi connectivity index (χ3v) is 4.60. The number of hydrogen-bond donors (Lipinski definition) is 3. The molecule has 0 spiro atoms. The molecule has 1 unspecified atom stereocenters.